The van der Waals surface area contributed by atoms with E-state index >= 15 is 0 Å². The summed E-state index contributed by atoms with van der Waals surface area (Å²) in [5.41, 5.74) is 6.77. The van der Waals surface area contributed by atoms with Gasteiger partial charge in [0, 0.05) is 54.9 Å². The summed E-state index contributed by atoms with van der Waals surface area (Å²) in [7, 11) is 1.44. The second-order valence-corrected chi connectivity index (χ2v) is 18.1. The van der Waals surface area contributed by atoms with E-state index in [1.807, 2.05) is 48.8 Å². The molecule has 60 heavy (non-hydrogen) atoms. The number of aromatic nitrogens is 1. The van der Waals surface area contributed by atoms with Gasteiger partial charge in [-0.1, -0.05) is 60.7 Å². The molecule has 11 atom stereocenters. The molecular formula is C50H60N2O8. The molecular weight excluding hydrogens is 757 g/mol. The molecule has 318 valence electrons. The van der Waals surface area contributed by atoms with Crippen molar-refractivity contribution >= 4 is 0 Å². The van der Waals surface area contributed by atoms with Gasteiger partial charge in [-0.25, -0.2) is 0 Å². The average Bonchev–Trinajstić information content (AvgIpc) is 3.79. The van der Waals surface area contributed by atoms with Crippen LogP contribution in [-0.4, -0.2) is 73.6 Å². The molecule has 8 N–H and O–H groups in total. The van der Waals surface area contributed by atoms with E-state index in [2.05, 4.69) is 46.7 Å². The average molecular weight is 817 g/mol. The number of phenolic OH excluding ortho intramolecular Hbond substituents is 2. The minimum Gasteiger partial charge on any atom is -0.508 e. The van der Waals surface area contributed by atoms with Gasteiger partial charge in [-0.3, -0.25) is 0 Å². The Morgan fingerprint density at radius 3 is 2.55 bits per heavy atom. The Balaban J connectivity index is 1.03. The van der Waals surface area contributed by atoms with Crippen molar-refractivity contribution < 1.29 is 40.1 Å². The van der Waals surface area contributed by atoms with Crippen molar-refractivity contribution in [3.8, 4) is 23.0 Å². The van der Waals surface area contributed by atoms with E-state index in [1.165, 1.54) is 18.2 Å². The third-order valence-corrected chi connectivity index (χ3v) is 14.9. The van der Waals surface area contributed by atoms with Crippen LogP contribution in [0.3, 0.4) is 0 Å². The number of nitrogens with one attached hydrogen (secondary N) is 2. The molecule has 4 aromatic rings. The molecule has 2 saturated carbocycles. The molecule has 3 aliphatic carbocycles. The van der Waals surface area contributed by atoms with Crippen LogP contribution in [0.4, 0.5) is 0 Å². The number of aryl methyl sites for hydroxylation is 1. The molecule has 11 unspecified atom stereocenters. The first kappa shape index (κ1) is 40.8. The molecule has 0 radical (unpaired) electrons. The summed E-state index contributed by atoms with van der Waals surface area (Å²) in [6, 6.07) is 18.7. The molecule has 3 heterocycles. The number of aromatic amines is 1. The van der Waals surface area contributed by atoms with Gasteiger partial charge in [-0.15, -0.1) is 0 Å². The predicted octanol–water partition coefficient (Wildman–Crippen LogP) is 7.58. The zero-order chi connectivity index (χ0) is 41.5. The van der Waals surface area contributed by atoms with Gasteiger partial charge in [0.2, 0.25) is 5.75 Å². The number of hydrogen-bond acceptors (Lipinski definition) is 9. The zero-order valence-electron chi connectivity index (χ0n) is 34.4. The molecule has 3 fully saturated rings. The monoisotopic (exact) mass is 816 g/mol. The van der Waals surface area contributed by atoms with Gasteiger partial charge in [0.1, 0.15) is 5.75 Å². The van der Waals surface area contributed by atoms with E-state index in [0.29, 0.717) is 42.3 Å². The van der Waals surface area contributed by atoms with Gasteiger partial charge < -0.3 is 50.4 Å². The number of phenols is 3. The fourth-order valence-corrected chi connectivity index (χ4v) is 11.9. The molecule has 3 aromatic carbocycles. The highest BCUT2D eigenvalue weighted by molar-refractivity contribution is 5.64. The number of ether oxygens (including phenoxy) is 2. The van der Waals surface area contributed by atoms with Gasteiger partial charge in [0.25, 0.3) is 0 Å². The highest BCUT2D eigenvalue weighted by Gasteiger charge is 2.47. The van der Waals surface area contributed by atoms with Crippen LogP contribution in [0.25, 0.3) is 0 Å². The van der Waals surface area contributed by atoms with Crippen molar-refractivity contribution in [2.45, 2.75) is 113 Å². The van der Waals surface area contributed by atoms with Crippen LogP contribution in [0.5, 0.6) is 23.0 Å². The number of rotatable bonds is 11. The minimum absolute atomic E-state index is 0.0155. The van der Waals surface area contributed by atoms with E-state index < -0.39 is 36.4 Å². The van der Waals surface area contributed by atoms with Gasteiger partial charge in [0.15, 0.2) is 11.5 Å². The fraction of sp³-hybridized carbons (Fsp3) is 0.480. The van der Waals surface area contributed by atoms with Gasteiger partial charge >= 0.3 is 0 Å². The molecule has 0 spiro atoms. The van der Waals surface area contributed by atoms with Crippen molar-refractivity contribution in [3.05, 3.63) is 130 Å². The lowest BCUT2D eigenvalue weighted by molar-refractivity contribution is -0.154. The van der Waals surface area contributed by atoms with E-state index in [-0.39, 0.29) is 59.2 Å². The van der Waals surface area contributed by atoms with Gasteiger partial charge in [0.05, 0.1) is 38.1 Å². The Labute approximate surface area is 352 Å². The Bertz CT molecular complexity index is 2190. The quantitative estimate of drug-likeness (QED) is 0.0713. The van der Waals surface area contributed by atoms with Crippen LogP contribution < -0.4 is 10.1 Å². The first-order valence-electron chi connectivity index (χ1n) is 22.1. The lowest BCUT2D eigenvalue weighted by Crippen LogP contribution is -2.45. The Morgan fingerprint density at radius 1 is 0.917 bits per heavy atom. The molecule has 9 rings (SSSR count). The van der Waals surface area contributed by atoms with Crippen LogP contribution in [0, 0.1) is 23.7 Å². The van der Waals surface area contributed by atoms with Gasteiger partial charge in [-0.05, 0) is 126 Å². The van der Waals surface area contributed by atoms with E-state index in [0.717, 1.165) is 61.8 Å². The zero-order valence-corrected chi connectivity index (χ0v) is 34.4. The van der Waals surface area contributed by atoms with Gasteiger partial charge in [-0.2, -0.15) is 0 Å². The van der Waals surface area contributed by atoms with E-state index in [1.54, 1.807) is 0 Å². The number of hydrogen-bond donors (Lipinski definition) is 8. The first-order valence-corrected chi connectivity index (χ1v) is 22.1. The van der Waals surface area contributed by atoms with E-state index in [9.17, 15) is 30.6 Å². The smallest absolute Gasteiger partial charge is 0.201 e. The third kappa shape index (κ3) is 7.77. The number of benzene rings is 3. The molecule has 5 aliphatic rings. The van der Waals surface area contributed by atoms with Crippen molar-refractivity contribution in [2.24, 2.45) is 23.7 Å². The molecule has 10 heteroatoms. The Hall–Kier alpha value is -4.58. The van der Waals surface area contributed by atoms with Crippen LogP contribution in [0.15, 0.2) is 90.8 Å². The van der Waals surface area contributed by atoms with Crippen molar-refractivity contribution in [3.63, 3.8) is 0 Å². The first-order chi connectivity index (χ1) is 29.2. The highest BCUT2D eigenvalue weighted by Crippen LogP contribution is 2.55. The summed E-state index contributed by atoms with van der Waals surface area (Å²) in [4.78, 5) is 3.07. The maximum atomic E-state index is 12.0. The highest BCUT2D eigenvalue weighted by atomic mass is 16.5. The maximum absolute atomic E-state index is 12.0. The molecule has 1 aromatic heterocycles. The normalized spacial score (nSPS) is 30.4. The molecule has 2 aliphatic heterocycles. The van der Waals surface area contributed by atoms with Crippen LogP contribution in [-0.2, 0) is 24.2 Å². The summed E-state index contributed by atoms with van der Waals surface area (Å²) in [6.45, 7) is 0.344. The van der Waals surface area contributed by atoms with Crippen LogP contribution in [0.1, 0.15) is 108 Å². The molecule has 0 bridgehead atoms. The van der Waals surface area contributed by atoms with E-state index in [4.69, 9.17) is 9.47 Å². The number of methoxy groups -OCH3 is 1. The summed E-state index contributed by atoms with van der Waals surface area (Å²) in [6.07, 6.45) is 15.7. The Kier molecular flexibility index (Phi) is 11.8. The second-order valence-electron chi connectivity index (χ2n) is 18.1. The summed E-state index contributed by atoms with van der Waals surface area (Å²) in [5, 5.41) is 72.0. The summed E-state index contributed by atoms with van der Waals surface area (Å²) < 4.78 is 12.6. The lowest BCUT2D eigenvalue weighted by atomic mass is 9.58. The number of aliphatic hydroxyl groups is 3. The molecule has 10 nitrogen and oxygen atoms in total. The van der Waals surface area contributed by atoms with Crippen LogP contribution in [0.2, 0.25) is 0 Å². The molecule has 1 saturated heterocycles. The summed E-state index contributed by atoms with van der Waals surface area (Å²) in [5.74, 6) is 0.0624. The lowest BCUT2D eigenvalue weighted by Gasteiger charge is -2.48. The topological polar surface area (TPSA) is 168 Å². The third-order valence-electron chi connectivity index (χ3n) is 14.9. The Morgan fingerprint density at radius 2 is 1.77 bits per heavy atom. The van der Waals surface area contributed by atoms with Crippen molar-refractivity contribution in [2.75, 3.05) is 13.7 Å². The molecule has 0 amide bonds. The summed E-state index contributed by atoms with van der Waals surface area (Å²) >= 11 is 0. The SMILES string of the molecule is COc1c(O)c(O)c(CO)c(C2CC(O)C3CCC(c4ccc(O)c(C5C6C=C7C=CCNC7CC6CCC5C(O)CCc5ccccc5)c4)CC3O2)c1Cc1cc[nH]c1. The number of aromatic hydroxyl groups is 3. The number of fused-ring (bicyclic) bond motifs is 3. The fourth-order valence-electron chi connectivity index (χ4n) is 11.9. The second kappa shape index (κ2) is 17.4. The van der Waals surface area contributed by atoms with Crippen LogP contribution >= 0.6 is 0 Å². The standard InChI is InChI=1S/C50H60N2O8/c1-59-50-38(20-29-17-19-51-26-29)47(39(27-53)48(57)49(50)58)45-25-43(56)34-13-10-31(24-44(34)60-45)30-12-16-42(55)37(21-30)46-35(41(54)15-9-28-6-3-2-4-7-28)14-11-32-23-40-33(22-36(32)46)8-5-18-52-40/h2-8,12,16-17,19,21-22,26,31-32,34-36,40-41,43-46,51-58H,9-11,13-15,18,20,23-25,27H2,1H3. The largest absolute Gasteiger partial charge is 0.508 e. The van der Waals surface area contributed by atoms with Crippen molar-refractivity contribution in [1.82, 2.24) is 10.3 Å². The maximum Gasteiger partial charge on any atom is 0.201 e. The van der Waals surface area contributed by atoms with Crippen molar-refractivity contribution in [1.29, 1.82) is 0 Å². The number of aliphatic hydroxyl groups excluding tert-OH is 3. The number of H-pyrrole nitrogens is 1. The minimum atomic E-state index is -0.678. The predicted molar refractivity (Wildman–Crippen MR) is 229 cm³/mol. The number of allylic oxidation sites excluding steroid dienone is 1.